The van der Waals surface area contributed by atoms with Gasteiger partial charge in [-0.3, -0.25) is 9.78 Å². The van der Waals surface area contributed by atoms with Crippen molar-refractivity contribution in [2.24, 2.45) is 0 Å². The summed E-state index contributed by atoms with van der Waals surface area (Å²) in [5, 5.41) is 2.86. The molecular weight excluding hydrogens is 371 g/mol. The standard InChI is InChI=1S/C10H12BrIN2O/c11-9-5-8(6-13-7-9)10(15)14-4-2-1-3-12/h5-7H,1-4H2,(H,14,15). The third-order valence-corrected chi connectivity index (χ3v) is 3.01. The molecule has 0 radical (unpaired) electrons. The molecule has 0 saturated carbocycles. The van der Waals surface area contributed by atoms with Crippen molar-refractivity contribution in [2.75, 3.05) is 11.0 Å². The van der Waals surface area contributed by atoms with Crippen molar-refractivity contribution < 1.29 is 4.79 Å². The molecule has 3 nitrogen and oxygen atoms in total. The summed E-state index contributed by atoms with van der Waals surface area (Å²) in [4.78, 5) is 15.5. The fourth-order valence-corrected chi connectivity index (χ4v) is 1.96. The highest BCUT2D eigenvalue weighted by atomic mass is 127. The molecule has 82 valence electrons. The predicted octanol–water partition coefficient (Wildman–Crippen LogP) is 2.79. The minimum atomic E-state index is -0.0581. The number of nitrogens with one attached hydrogen (secondary N) is 1. The average molecular weight is 383 g/mol. The first-order valence-electron chi connectivity index (χ1n) is 4.69. The molecule has 0 bridgehead atoms. The van der Waals surface area contributed by atoms with Gasteiger partial charge in [-0.25, -0.2) is 0 Å². The highest BCUT2D eigenvalue weighted by molar-refractivity contribution is 14.1. The average Bonchev–Trinajstić information content (AvgIpc) is 2.24. The van der Waals surface area contributed by atoms with E-state index in [1.54, 1.807) is 18.5 Å². The van der Waals surface area contributed by atoms with E-state index in [-0.39, 0.29) is 5.91 Å². The zero-order valence-corrected chi connectivity index (χ0v) is 11.9. The zero-order chi connectivity index (χ0) is 11.1. The molecule has 0 unspecified atom stereocenters. The van der Waals surface area contributed by atoms with Crippen LogP contribution in [0.25, 0.3) is 0 Å². The number of nitrogens with zero attached hydrogens (tertiary/aromatic N) is 1. The first-order valence-corrected chi connectivity index (χ1v) is 7.00. The lowest BCUT2D eigenvalue weighted by Crippen LogP contribution is -2.24. The second-order valence-electron chi connectivity index (χ2n) is 3.04. The van der Waals surface area contributed by atoms with Crippen LogP contribution < -0.4 is 5.32 Å². The van der Waals surface area contributed by atoms with Gasteiger partial charge in [-0.1, -0.05) is 22.6 Å². The van der Waals surface area contributed by atoms with Gasteiger partial charge in [0.25, 0.3) is 5.91 Å². The largest absolute Gasteiger partial charge is 0.352 e. The van der Waals surface area contributed by atoms with E-state index in [4.69, 9.17) is 0 Å². The Balaban J connectivity index is 2.40. The van der Waals surface area contributed by atoms with Crippen molar-refractivity contribution >= 4 is 44.4 Å². The molecule has 15 heavy (non-hydrogen) atoms. The molecule has 0 saturated heterocycles. The van der Waals surface area contributed by atoms with Crippen LogP contribution in [0.5, 0.6) is 0 Å². The maximum absolute atomic E-state index is 11.6. The Bertz CT molecular complexity index is 333. The molecule has 0 atom stereocenters. The highest BCUT2D eigenvalue weighted by Gasteiger charge is 2.04. The minimum Gasteiger partial charge on any atom is -0.352 e. The van der Waals surface area contributed by atoms with E-state index in [9.17, 15) is 4.79 Å². The van der Waals surface area contributed by atoms with Crippen molar-refractivity contribution in [3.63, 3.8) is 0 Å². The van der Waals surface area contributed by atoms with Gasteiger partial charge in [-0.05, 0) is 39.3 Å². The summed E-state index contributed by atoms with van der Waals surface area (Å²) in [5.41, 5.74) is 0.596. The summed E-state index contributed by atoms with van der Waals surface area (Å²) in [7, 11) is 0. The van der Waals surface area contributed by atoms with Crippen LogP contribution in [0.3, 0.4) is 0 Å². The number of unbranched alkanes of at least 4 members (excludes halogenated alkanes) is 1. The molecule has 1 aromatic heterocycles. The van der Waals surface area contributed by atoms with E-state index >= 15 is 0 Å². The topological polar surface area (TPSA) is 42.0 Å². The Kier molecular flexibility index (Phi) is 6.16. The lowest BCUT2D eigenvalue weighted by Gasteiger charge is -2.04. The molecule has 0 aliphatic rings. The Labute approximate surface area is 111 Å². The van der Waals surface area contributed by atoms with Crippen molar-refractivity contribution in [3.05, 3.63) is 28.5 Å². The molecule has 0 spiro atoms. The normalized spacial score (nSPS) is 10.0. The maximum atomic E-state index is 11.6. The van der Waals surface area contributed by atoms with Crippen LogP contribution in [0.4, 0.5) is 0 Å². The molecule has 5 heteroatoms. The molecule has 1 rings (SSSR count). The Hall–Kier alpha value is -0.170. The van der Waals surface area contributed by atoms with Gasteiger partial charge >= 0.3 is 0 Å². The third kappa shape index (κ3) is 4.92. The number of rotatable bonds is 5. The van der Waals surface area contributed by atoms with Gasteiger partial charge in [0.05, 0.1) is 5.56 Å². The summed E-state index contributed by atoms with van der Waals surface area (Å²) in [6.45, 7) is 0.731. The van der Waals surface area contributed by atoms with Crippen LogP contribution in [0, 0.1) is 0 Å². The molecule has 1 amide bonds. The summed E-state index contributed by atoms with van der Waals surface area (Å²) < 4.78 is 1.95. The predicted molar refractivity (Wildman–Crippen MR) is 72.4 cm³/mol. The van der Waals surface area contributed by atoms with E-state index in [0.29, 0.717) is 5.56 Å². The molecule has 1 N–H and O–H groups in total. The van der Waals surface area contributed by atoms with Gasteiger partial charge in [0, 0.05) is 23.4 Å². The number of hydrogen-bond donors (Lipinski definition) is 1. The number of halogens is 2. The number of pyridine rings is 1. The lowest BCUT2D eigenvalue weighted by atomic mass is 10.2. The van der Waals surface area contributed by atoms with Crippen molar-refractivity contribution in [1.29, 1.82) is 0 Å². The SMILES string of the molecule is O=C(NCCCCI)c1cncc(Br)c1. The highest BCUT2D eigenvalue weighted by Crippen LogP contribution is 2.09. The van der Waals surface area contributed by atoms with Gasteiger partial charge in [0.15, 0.2) is 0 Å². The van der Waals surface area contributed by atoms with Crippen LogP contribution in [0.15, 0.2) is 22.9 Å². The van der Waals surface area contributed by atoms with E-state index in [2.05, 4.69) is 48.8 Å². The lowest BCUT2D eigenvalue weighted by molar-refractivity contribution is 0.0953. The van der Waals surface area contributed by atoms with Gasteiger partial charge in [-0.15, -0.1) is 0 Å². The molecular formula is C10H12BrIN2O. The third-order valence-electron chi connectivity index (χ3n) is 1.81. The van der Waals surface area contributed by atoms with E-state index in [0.717, 1.165) is 28.3 Å². The summed E-state index contributed by atoms with van der Waals surface area (Å²) in [5.74, 6) is -0.0581. The zero-order valence-electron chi connectivity index (χ0n) is 8.17. The van der Waals surface area contributed by atoms with Gasteiger partial charge < -0.3 is 5.32 Å². The number of amides is 1. The van der Waals surface area contributed by atoms with Crippen molar-refractivity contribution in [1.82, 2.24) is 10.3 Å². The number of hydrogen-bond acceptors (Lipinski definition) is 2. The van der Waals surface area contributed by atoms with E-state index in [1.165, 1.54) is 0 Å². The van der Waals surface area contributed by atoms with Crippen LogP contribution in [0.1, 0.15) is 23.2 Å². The molecule has 0 aliphatic heterocycles. The molecule has 1 heterocycles. The minimum absolute atomic E-state index is 0.0581. The van der Waals surface area contributed by atoms with Gasteiger partial charge in [-0.2, -0.15) is 0 Å². The van der Waals surface area contributed by atoms with Crippen molar-refractivity contribution in [2.45, 2.75) is 12.8 Å². The monoisotopic (exact) mass is 382 g/mol. The van der Waals surface area contributed by atoms with Crippen LogP contribution in [-0.2, 0) is 0 Å². The van der Waals surface area contributed by atoms with Crippen LogP contribution >= 0.6 is 38.5 Å². The maximum Gasteiger partial charge on any atom is 0.252 e. The van der Waals surface area contributed by atoms with Crippen LogP contribution in [-0.4, -0.2) is 21.9 Å². The Morgan fingerprint density at radius 3 is 2.93 bits per heavy atom. The summed E-state index contributed by atoms with van der Waals surface area (Å²) in [6, 6.07) is 1.76. The quantitative estimate of drug-likeness (QED) is 0.483. The molecule has 0 aromatic carbocycles. The van der Waals surface area contributed by atoms with E-state index in [1.807, 2.05) is 0 Å². The Morgan fingerprint density at radius 1 is 1.47 bits per heavy atom. The first-order chi connectivity index (χ1) is 7.24. The second-order valence-corrected chi connectivity index (χ2v) is 5.04. The van der Waals surface area contributed by atoms with Crippen LogP contribution in [0.2, 0.25) is 0 Å². The van der Waals surface area contributed by atoms with Gasteiger partial charge in [0.2, 0.25) is 0 Å². The summed E-state index contributed by atoms with van der Waals surface area (Å²) >= 11 is 5.61. The molecule has 1 aromatic rings. The fraction of sp³-hybridized carbons (Fsp3) is 0.400. The fourth-order valence-electron chi connectivity index (χ4n) is 1.06. The van der Waals surface area contributed by atoms with E-state index < -0.39 is 0 Å². The number of carbonyl (C=O) groups is 1. The van der Waals surface area contributed by atoms with Crippen molar-refractivity contribution in [3.8, 4) is 0 Å². The first kappa shape index (κ1) is 12.9. The molecule has 0 fully saturated rings. The second kappa shape index (κ2) is 7.16. The Morgan fingerprint density at radius 2 is 2.27 bits per heavy atom. The number of aromatic nitrogens is 1. The van der Waals surface area contributed by atoms with Gasteiger partial charge in [0.1, 0.15) is 0 Å². The molecule has 0 aliphatic carbocycles. The summed E-state index contributed by atoms with van der Waals surface area (Å²) in [6.07, 6.45) is 5.39. The smallest absolute Gasteiger partial charge is 0.252 e. The number of alkyl halides is 1. The number of carbonyl (C=O) groups excluding carboxylic acids is 1.